The number of carbonyl (C=O) groups excluding carboxylic acids is 1. The maximum atomic E-state index is 11.1. The lowest BCUT2D eigenvalue weighted by molar-refractivity contribution is -0.117. The number of ketones is 1. The van der Waals surface area contributed by atoms with Crippen molar-refractivity contribution in [1.29, 1.82) is 0 Å². The molecular weight excluding hydrogens is 228 g/mol. The SMILES string of the molecule is CC(=O)CC[C@@H](/C=C/[C@]1(C)C[C@@H](O)CO1)C(C)C. The van der Waals surface area contributed by atoms with Crippen molar-refractivity contribution in [2.75, 3.05) is 6.61 Å². The summed E-state index contributed by atoms with van der Waals surface area (Å²) in [6.45, 7) is 8.39. The fraction of sp³-hybridized carbons (Fsp3) is 0.800. The monoisotopic (exact) mass is 254 g/mol. The predicted octanol–water partition coefficient (Wildman–Crippen LogP) is 2.72. The van der Waals surface area contributed by atoms with E-state index in [1.807, 2.05) is 6.92 Å². The summed E-state index contributed by atoms with van der Waals surface area (Å²) in [5.41, 5.74) is -0.344. The first kappa shape index (κ1) is 15.4. The standard InChI is InChI=1S/C15H26O3/c1-11(2)13(6-5-12(3)16)7-8-15(4)9-14(17)10-18-15/h7-8,11,13-14,17H,5-6,9-10H2,1-4H3/b8-7+/t13-,14+,15+/m0/s1. The van der Waals surface area contributed by atoms with Gasteiger partial charge in [-0.25, -0.2) is 0 Å². The van der Waals surface area contributed by atoms with E-state index in [1.54, 1.807) is 6.92 Å². The fourth-order valence-electron chi connectivity index (χ4n) is 2.34. The third-order valence-electron chi connectivity index (χ3n) is 3.63. The number of rotatable bonds is 6. The third-order valence-corrected chi connectivity index (χ3v) is 3.63. The third kappa shape index (κ3) is 4.91. The van der Waals surface area contributed by atoms with Crippen molar-refractivity contribution in [3.05, 3.63) is 12.2 Å². The average molecular weight is 254 g/mol. The number of hydrogen-bond donors (Lipinski definition) is 1. The number of hydrogen-bond acceptors (Lipinski definition) is 3. The van der Waals surface area contributed by atoms with Gasteiger partial charge < -0.3 is 14.6 Å². The lowest BCUT2D eigenvalue weighted by atomic mass is 9.88. The van der Waals surface area contributed by atoms with E-state index in [4.69, 9.17) is 4.74 Å². The molecule has 0 aliphatic carbocycles. The molecule has 1 saturated heterocycles. The van der Waals surface area contributed by atoms with Crippen molar-refractivity contribution in [1.82, 2.24) is 0 Å². The maximum absolute atomic E-state index is 11.1. The lowest BCUT2D eigenvalue weighted by Gasteiger charge is -2.21. The lowest BCUT2D eigenvalue weighted by Crippen LogP contribution is -2.21. The van der Waals surface area contributed by atoms with Crippen LogP contribution in [0, 0.1) is 11.8 Å². The molecule has 18 heavy (non-hydrogen) atoms. The Kier molecular flexibility index (Phi) is 5.54. The van der Waals surface area contributed by atoms with E-state index in [0.29, 0.717) is 31.3 Å². The van der Waals surface area contributed by atoms with E-state index in [-0.39, 0.29) is 17.5 Å². The molecule has 3 atom stereocenters. The van der Waals surface area contributed by atoms with Gasteiger partial charge in [0.25, 0.3) is 0 Å². The van der Waals surface area contributed by atoms with Gasteiger partial charge in [-0.05, 0) is 32.1 Å². The molecular formula is C15H26O3. The molecule has 0 amide bonds. The fourth-order valence-corrected chi connectivity index (χ4v) is 2.34. The van der Waals surface area contributed by atoms with Gasteiger partial charge in [0.2, 0.25) is 0 Å². The minimum Gasteiger partial charge on any atom is -0.391 e. The summed E-state index contributed by atoms with van der Waals surface area (Å²) in [6.07, 6.45) is 6.05. The van der Waals surface area contributed by atoms with Gasteiger partial charge in [-0.15, -0.1) is 0 Å². The molecule has 0 aromatic rings. The van der Waals surface area contributed by atoms with E-state index in [1.165, 1.54) is 0 Å². The molecule has 0 radical (unpaired) electrons. The van der Waals surface area contributed by atoms with Crippen molar-refractivity contribution in [3.8, 4) is 0 Å². The van der Waals surface area contributed by atoms with E-state index in [9.17, 15) is 9.90 Å². The van der Waals surface area contributed by atoms with Crippen LogP contribution in [0.2, 0.25) is 0 Å². The molecule has 0 aromatic carbocycles. The first-order chi connectivity index (χ1) is 8.32. The minimum atomic E-state index is -0.352. The molecule has 1 rings (SSSR count). The highest BCUT2D eigenvalue weighted by molar-refractivity contribution is 5.75. The number of Topliss-reactive ketones (excluding diaryl/α,β-unsaturated/α-hetero) is 1. The van der Waals surface area contributed by atoms with Crippen molar-refractivity contribution in [2.24, 2.45) is 11.8 Å². The molecule has 0 unspecified atom stereocenters. The van der Waals surface area contributed by atoms with Gasteiger partial charge in [0.1, 0.15) is 5.78 Å². The Hall–Kier alpha value is -0.670. The second-order valence-corrected chi connectivity index (χ2v) is 5.99. The number of aliphatic hydroxyl groups excluding tert-OH is 1. The van der Waals surface area contributed by atoms with Crippen LogP contribution in [-0.2, 0) is 9.53 Å². The summed E-state index contributed by atoms with van der Waals surface area (Å²) in [5.74, 6) is 1.15. The number of allylic oxidation sites excluding steroid dienone is 1. The summed E-state index contributed by atoms with van der Waals surface area (Å²) in [5, 5.41) is 9.51. The van der Waals surface area contributed by atoms with Crippen LogP contribution in [0.4, 0.5) is 0 Å². The van der Waals surface area contributed by atoms with Crippen LogP contribution in [0.15, 0.2) is 12.2 Å². The minimum absolute atomic E-state index is 0.243. The zero-order chi connectivity index (χ0) is 13.8. The Balaban J connectivity index is 2.57. The Morgan fingerprint density at radius 2 is 2.22 bits per heavy atom. The van der Waals surface area contributed by atoms with Crippen LogP contribution in [0.5, 0.6) is 0 Å². The smallest absolute Gasteiger partial charge is 0.129 e. The Morgan fingerprint density at radius 1 is 1.56 bits per heavy atom. The number of carbonyl (C=O) groups is 1. The molecule has 1 aliphatic heterocycles. The molecule has 0 bridgehead atoms. The summed E-state index contributed by atoms with van der Waals surface area (Å²) >= 11 is 0. The highest BCUT2D eigenvalue weighted by atomic mass is 16.5. The van der Waals surface area contributed by atoms with Crippen LogP contribution in [0.25, 0.3) is 0 Å². The molecule has 1 N–H and O–H groups in total. The van der Waals surface area contributed by atoms with E-state index >= 15 is 0 Å². The second-order valence-electron chi connectivity index (χ2n) is 5.99. The Morgan fingerprint density at radius 3 is 2.67 bits per heavy atom. The number of ether oxygens (including phenoxy) is 1. The molecule has 1 fully saturated rings. The van der Waals surface area contributed by atoms with Crippen LogP contribution >= 0.6 is 0 Å². The Bertz CT molecular complexity index is 309. The molecule has 3 nitrogen and oxygen atoms in total. The highest BCUT2D eigenvalue weighted by Gasteiger charge is 2.33. The quantitative estimate of drug-likeness (QED) is 0.741. The van der Waals surface area contributed by atoms with Crippen LogP contribution in [0.1, 0.15) is 47.0 Å². The predicted molar refractivity (Wildman–Crippen MR) is 72.4 cm³/mol. The van der Waals surface area contributed by atoms with Crippen LogP contribution in [-0.4, -0.2) is 29.2 Å². The van der Waals surface area contributed by atoms with Crippen molar-refractivity contribution in [3.63, 3.8) is 0 Å². The van der Waals surface area contributed by atoms with Gasteiger partial charge >= 0.3 is 0 Å². The molecule has 1 heterocycles. The van der Waals surface area contributed by atoms with Gasteiger partial charge in [-0.3, -0.25) is 0 Å². The summed E-state index contributed by atoms with van der Waals surface area (Å²) in [7, 11) is 0. The largest absolute Gasteiger partial charge is 0.391 e. The van der Waals surface area contributed by atoms with Gasteiger partial charge in [0, 0.05) is 12.8 Å². The van der Waals surface area contributed by atoms with Gasteiger partial charge in [-0.2, -0.15) is 0 Å². The highest BCUT2D eigenvalue weighted by Crippen LogP contribution is 2.29. The van der Waals surface area contributed by atoms with Gasteiger partial charge in [0.15, 0.2) is 0 Å². The van der Waals surface area contributed by atoms with E-state index in [0.717, 1.165) is 6.42 Å². The van der Waals surface area contributed by atoms with E-state index < -0.39 is 0 Å². The first-order valence-electron chi connectivity index (χ1n) is 6.83. The maximum Gasteiger partial charge on any atom is 0.129 e. The van der Waals surface area contributed by atoms with Crippen molar-refractivity contribution >= 4 is 5.78 Å². The normalized spacial score (nSPS) is 30.2. The molecule has 3 heteroatoms. The van der Waals surface area contributed by atoms with Crippen molar-refractivity contribution < 1.29 is 14.6 Å². The second kappa shape index (κ2) is 6.48. The van der Waals surface area contributed by atoms with Gasteiger partial charge in [-0.1, -0.05) is 26.0 Å². The zero-order valence-corrected chi connectivity index (χ0v) is 12.0. The van der Waals surface area contributed by atoms with Crippen molar-refractivity contribution in [2.45, 2.75) is 58.7 Å². The summed E-state index contributed by atoms with van der Waals surface area (Å²) < 4.78 is 5.60. The topological polar surface area (TPSA) is 46.5 Å². The average Bonchev–Trinajstić information content (AvgIpc) is 2.58. The molecule has 0 aromatic heterocycles. The molecule has 1 aliphatic rings. The summed E-state index contributed by atoms with van der Waals surface area (Å²) in [4.78, 5) is 11.1. The summed E-state index contributed by atoms with van der Waals surface area (Å²) in [6, 6.07) is 0. The van der Waals surface area contributed by atoms with Crippen LogP contribution < -0.4 is 0 Å². The zero-order valence-electron chi connectivity index (χ0n) is 12.0. The molecule has 0 spiro atoms. The van der Waals surface area contributed by atoms with Gasteiger partial charge in [0.05, 0.1) is 18.3 Å². The number of aliphatic hydroxyl groups is 1. The van der Waals surface area contributed by atoms with Crippen LogP contribution in [0.3, 0.4) is 0 Å². The van der Waals surface area contributed by atoms with E-state index in [2.05, 4.69) is 26.0 Å². The Labute approximate surface area is 110 Å². The molecule has 104 valence electrons. The molecule has 0 saturated carbocycles. The first-order valence-corrected chi connectivity index (χ1v) is 6.83.